The maximum Gasteiger partial charge on any atom is 0.472 e. The molecule has 59 heavy (non-hydrogen) atoms. The van der Waals surface area contributed by atoms with Crippen LogP contribution in [0.5, 0.6) is 0 Å². The Morgan fingerprint density at radius 1 is 0.525 bits per heavy atom. The first-order chi connectivity index (χ1) is 28.4. The summed E-state index contributed by atoms with van der Waals surface area (Å²) in [6.07, 6.45) is 26.3. The van der Waals surface area contributed by atoms with Crippen molar-refractivity contribution >= 4 is 19.8 Å². The molecule has 344 valence electrons. The molecule has 0 aromatic rings. The molecule has 8 atom stereocenters. The molecule has 1 saturated carbocycles. The molecule has 1 aliphatic carbocycles. The van der Waals surface area contributed by atoms with Crippen LogP contribution in [-0.4, -0.2) is 98.3 Å². The van der Waals surface area contributed by atoms with Gasteiger partial charge < -0.3 is 39.9 Å². The van der Waals surface area contributed by atoms with Crippen LogP contribution in [0.25, 0.3) is 0 Å². The highest BCUT2D eigenvalue weighted by molar-refractivity contribution is 7.47. The molecule has 0 amide bonds. The van der Waals surface area contributed by atoms with Crippen molar-refractivity contribution in [1.82, 2.24) is 0 Å². The molecule has 0 saturated heterocycles. The van der Waals surface area contributed by atoms with Gasteiger partial charge in [0.25, 0.3) is 0 Å². The van der Waals surface area contributed by atoms with Gasteiger partial charge in [-0.25, -0.2) is 4.57 Å². The molecular weight excluding hydrogens is 779 g/mol. The van der Waals surface area contributed by atoms with E-state index in [4.69, 9.17) is 18.5 Å². The fraction of sp³-hybridized carbons (Fsp3) is 0.822. The van der Waals surface area contributed by atoms with Crippen LogP contribution < -0.4 is 0 Å². The second-order valence-corrected chi connectivity index (χ2v) is 17.3. The van der Waals surface area contributed by atoms with Crippen LogP contribution >= 0.6 is 7.82 Å². The lowest BCUT2D eigenvalue weighted by molar-refractivity contribution is -0.220. The molecule has 0 heterocycles. The van der Waals surface area contributed by atoms with Crippen LogP contribution in [0.1, 0.15) is 181 Å². The Hall–Kier alpha value is -1.93. The molecule has 1 fully saturated rings. The van der Waals surface area contributed by atoms with E-state index in [1.807, 2.05) is 0 Å². The number of carbonyl (C=O) groups is 2. The van der Waals surface area contributed by atoms with Crippen LogP contribution in [0.3, 0.4) is 0 Å². The van der Waals surface area contributed by atoms with Crippen LogP contribution in [-0.2, 0) is 32.7 Å². The summed E-state index contributed by atoms with van der Waals surface area (Å²) in [5, 5.41) is 50.1. The summed E-state index contributed by atoms with van der Waals surface area (Å²) in [6.45, 7) is 3.24. The van der Waals surface area contributed by atoms with Gasteiger partial charge in [-0.15, -0.1) is 0 Å². The Labute approximate surface area is 355 Å². The summed E-state index contributed by atoms with van der Waals surface area (Å²) in [5.74, 6) is -1.13. The van der Waals surface area contributed by atoms with Gasteiger partial charge in [0.05, 0.1) is 6.61 Å². The summed E-state index contributed by atoms with van der Waals surface area (Å²) >= 11 is 0. The average molecular weight is 861 g/mol. The van der Waals surface area contributed by atoms with Crippen molar-refractivity contribution in [3.8, 4) is 0 Å². The lowest BCUT2D eigenvalue weighted by atomic mass is 9.85. The molecule has 1 rings (SSSR count). The predicted octanol–water partition coefficient (Wildman–Crippen LogP) is 8.61. The maximum absolute atomic E-state index is 12.8. The number of ether oxygens (including phenoxy) is 2. The molecule has 0 radical (unpaired) electrons. The standard InChI is InChI=1S/C45H81O13P/c1-3-5-7-9-11-13-15-17-19-21-23-25-27-29-31-33-38(46)55-35-37(36-56-59(53,54)58-45-43(51)41(49)40(48)42(50)44(45)52)57-39(47)34-32-30-28-26-24-22-20-18-16-14-12-10-8-6-4-2/h12,14,18,20-21,23,37,40-45,48-52H,3-11,13,15-17,19,22,24-36H2,1-2H3,(H,53,54)/b14-12+,20-18+,23-21+/t37-,40?,41-,42?,43?,44?,45?/m1/s1. The van der Waals surface area contributed by atoms with E-state index in [0.29, 0.717) is 12.8 Å². The Bertz CT molecular complexity index is 1180. The summed E-state index contributed by atoms with van der Waals surface area (Å²) in [5.41, 5.74) is 0. The topological polar surface area (TPSA) is 210 Å². The molecule has 13 nitrogen and oxygen atoms in total. The molecule has 0 bridgehead atoms. The average Bonchev–Trinajstić information content (AvgIpc) is 3.21. The van der Waals surface area contributed by atoms with Gasteiger partial charge in [0, 0.05) is 12.8 Å². The Morgan fingerprint density at radius 2 is 0.915 bits per heavy atom. The fourth-order valence-corrected chi connectivity index (χ4v) is 7.70. The second kappa shape index (κ2) is 35.6. The van der Waals surface area contributed by atoms with Crippen molar-refractivity contribution in [1.29, 1.82) is 0 Å². The molecule has 0 aromatic carbocycles. The van der Waals surface area contributed by atoms with Crippen molar-refractivity contribution in [2.24, 2.45) is 0 Å². The highest BCUT2D eigenvalue weighted by atomic mass is 31.2. The first-order valence-electron chi connectivity index (χ1n) is 22.8. The number of phosphoric ester groups is 1. The van der Waals surface area contributed by atoms with Crippen molar-refractivity contribution < 1.29 is 63.1 Å². The number of allylic oxidation sites excluding steroid dienone is 6. The highest BCUT2D eigenvalue weighted by Crippen LogP contribution is 2.47. The van der Waals surface area contributed by atoms with Crippen LogP contribution in [0.15, 0.2) is 36.5 Å². The van der Waals surface area contributed by atoms with Gasteiger partial charge in [0.15, 0.2) is 6.10 Å². The van der Waals surface area contributed by atoms with Crippen LogP contribution in [0.2, 0.25) is 0 Å². The Balaban J connectivity index is 2.49. The van der Waals surface area contributed by atoms with E-state index < -0.39 is 75.7 Å². The van der Waals surface area contributed by atoms with E-state index >= 15 is 0 Å². The number of carbonyl (C=O) groups excluding carboxylic acids is 2. The zero-order valence-electron chi connectivity index (χ0n) is 36.3. The summed E-state index contributed by atoms with van der Waals surface area (Å²) < 4.78 is 33.5. The van der Waals surface area contributed by atoms with Crippen molar-refractivity contribution in [2.45, 2.75) is 224 Å². The predicted molar refractivity (Wildman–Crippen MR) is 230 cm³/mol. The molecular formula is C45H81O13P. The van der Waals surface area contributed by atoms with Crippen molar-refractivity contribution in [3.05, 3.63) is 36.5 Å². The summed E-state index contributed by atoms with van der Waals surface area (Å²) in [6, 6.07) is 0. The van der Waals surface area contributed by atoms with Gasteiger partial charge in [0.1, 0.15) is 43.2 Å². The highest BCUT2D eigenvalue weighted by Gasteiger charge is 2.51. The van der Waals surface area contributed by atoms with Gasteiger partial charge in [-0.1, -0.05) is 134 Å². The largest absolute Gasteiger partial charge is 0.472 e. The number of hydrogen-bond donors (Lipinski definition) is 6. The van der Waals surface area contributed by atoms with Crippen LogP contribution in [0, 0.1) is 0 Å². The molecule has 0 aliphatic heterocycles. The van der Waals surface area contributed by atoms with E-state index in [1.54, 1.807) is 0 Å². The number of phosphoric acid groups is 1. The minimum absolute atomic E-state index is 0.0777. The number of aliphatic hydroxyl groups is 5. The van der Waals surface area contributed by atoms with E-state index in [1.165, 1.54) is 70.6 Å². The molecule has 6 N–H and O–H groups in total. The number of hydrogen-bond acceptors (Lipinski definition) is 12. The van der Waals surface area contributed by atoms with Crippen molar-refractivity contribution in [2.75, 3.05) is 13.2 Å². The molecule has 6 unspecified atom stereocenters. The lowest BCUT2D eigenvalue weighted by Crippen LogP contribution is -2.64. The number of aliphatic hydroxyl groups excluding tert-OH is 5. The lowest BCUT2D eigenvalue weighted by Gasteiger charge is -2.41. The molecule has 0 aromatic heterocycles. The molecule has 14 heteroatoms. The third kappa shape index (κ3) is 28.3. The van der Waals surface area contributed by atoms with E-state index in [-0.39, 0.29) is 12.8 Å². The first kappa shape index (κ1) is 55.1. The number of esters is 2. The smallest absolute Gasteiger partial charge is 0.462 e. The minimum Gasteiger partial charge on any atom is -0.462 e. The third-order valence-corrected chi connectivity index (χ3v) is 11.4. The van der Waals surface area contributed by atoms with Crippen LogP contribution in [0.4, 0.5) is 0 Å². The minimum atomic E-state index is -5.12. The Morgan fingerprint density at radius 3 is 1.44 bits per heavy atom. The van der Waals surface area contributed by atoms with Crippen molar-refractivity contribution in [3.63, 3.8) is 0 Å². The number of rotatable bonds is 37. The zero-order valence-corrected chi connectivity index (χ0v) is 37.2. The van der Waals surface area contributed by atoms with E-state index in [2.05, 4.69) is 50.3 Å². The SMILES string of the molecule is CCCCC/C=C/C/C=C/CCCCCCCC(=O)O[C@H](COC(=O)CCCCC/C=C/CCCCCCCCCC)COP(=O)(O)OC1C(O)C(O)C(O)[C@@H](O)C1O. The fourth-order valence-electron chi connectivity index (χ4n) is 6.72. The van der Waals surface area contributed by atoms with Gasteiger partial charge in [-0.05, 0) is 70.6 Å². The molecule has 0 spiro atoms. The van der Waals surface area contributed by atoms with Gasteiger partial charge in [-0.3, -0.25) is 18.6 Å². The van der Waals surface area contributed by atoms with Gasteiger partial charge in [0.2, 0.25) is 0 Å². The first-order valence-corrected chi connectivity index (χ1v) is 24.3. The van der Waals surface area contributed by atoms with E-state index in [0.717, 1.165) is 70.6 Å². The van der Waals surface area contributed by atoms with Gasteiger partial charge in [-0.2, -0.15) is 0 Å². The number of unbranched alkanes of at least 4 members (excludes halogenated alkanes) is 19. The monoisotopic (exact) mass is 861 g/mol. The van der Waals surface area contributed by atoms with Gasteiger partial charge >= 0.3 is 19.8 Å². The second-order valence-electron chi connectivity index (χ2n) is 15.9. The van der Waals surface area contributed by atoms with E-state index in [9.17, 15) is 44.6 Å². The quantitative estimate of drug-likeness (QED) is 0.0150. The maximum atomic E-state index is 12.8. The molecule has 1 aliphatic rings. The Kier molecular flexibility index (Phi) is 33.3. The summed E-state index contributed by atoms with van der Waals surface area (Å²) in [4.78, 5) is 35.6. The zero-order chi connectivity index (χ0) is 43.6. The normalized spacial score (nSPS) is 22.6. The summed E-state index contributed by atoms with van der Waals surface area (Å²) in [7, 11) is -5.12. The third-order valence-electron chi connectivity index (χ3n) is 10.5.